The molecule has 23 heavy (non-hydrogen) atoms. The topological polar surface area (TPSA) is 71.1 Å². The van der Waals surface area contributed by atoms with Crippen LogP contribution < -0.4 is 0 Å². The first-order valence-corrected chi connectivity index (χ1v) is 8.18. The van der Waals surface area contributed by atoms with Gasteiger partial charge in [-0.15, -0.1) is 0 Å². The molecule has 0 aromatic carbocycles. The molecule has 0 spiro atoms. The maximum absolute atomic E-state index is 12.5. The van der Waals surface area contributed by atoms with Crippen molar-refractivity contribution < 1.29 is 29.1 Å². The molecule has 0 aromatic rings. The van der Waals surface area contributed by atoms with Crippen molar-refractivity contribution in [2.75, 3.05) is 0 Å². The smallest absolute Gasteiger partial charge is 0.297 e. The van der Waals surface area contributed by atoms with Crippen LogP contribution in [0.4, 0.5) is 0 Å². The van der Waals surface area contributed by atoms with Gasteiger partial charge < -0.3 is 0 Å². The number of hydrogen-bond acceptors (Lipinski definition) is 6. The Balaban J connectivity index is 5.20. The third kappa shape index (κ3) is 7.79. The SMILES string of the molecule is CCCCC(CC)(C(=O)OOC(C)(C)C)C(=O)OOC(C)(C)C. The zero-order valence-corrected chi connectivity index (χ0v) is 15.8. The molecule has 0 unspecified atom stereocenters. The monoisotopic (exact) mass is 332 g/mol. The van der Waals surface area contributed by atoms with Crippen LogP contribution in [-0.4, -0.2) is 23.1 Å². The van der Waals surface area contributed by atoms with E-state index in [1.54, 1.807) is 48.5 Å². The lowest BCUT2D eigenvalue weighted by molar-refractivity contribution is -0.340. The summed E-state index contributed by atoms with van der Waals surface area (Å²) in [7, 11) is 0. The van der Waals surface area contributed by atoms with E-state index in [2.05, 4.69) is 0 Å². The van der Waals surface area contributed by atoms with Crippen molar-refractivity contribution in [2.45, 2.75) is 92.3 Å². The van der Waals surface area contributed by atoms with Crippen molar-refractivity contribution in [3.63, 3.8) is 0 Å². The molecule has 0 fully saturated rings. The number of carbonyl (C=O) groups is 2. The quantitative estimate of drug-likeness (QED) is 0.378. The Hall–Kier alpha value is -1.14. The van der Waals surface area contributed by atoms with Gasteiger partial charge in [-0.1, -0.05) is 26.7 Å². The van der Waals surface area contributed by atoms with Crippen LogP contribution in [0.1, 0.15) is 81.1 Å². The van der Waals surface area contributed by atoms with Crippen molar-refractivity contribution in [3.05, 3.63) is 0 Å². The minimum atomic E-state index is -1.42. The summed E-state index contributed by atoms with van der Waals surface area (Å²) >= 11 is 0. The van der Waals surface area contributed by atoms with Crippen LogP contribution in [0, 0.1) is 5.41 Å². The molecule has 0 aliphatic heterocycles. The summed E-state index contributed by atoms with van der Waals surface area (Å²) in [4.78, 5) is 45.0. The van der Waals surface area contributed by atoms with Crippen molar-refractivity contribution in [1.82, 2.24) is 0 Å². The Labute approximate surface area is 139 Å². The van der Waals surface area contributed by atoms with Gasteiger partial charge >= 0.3 is 11.9 Å². The molecule has 0 aromatic heterocycles. The summed E-state index contributed by atoms with van der Waals surface area (Å²) < 4.78 is 0. The molecule has 0 atom stereocenters. The van der Waals surface area contributed by atoms with Gasteiger partial charge in [0.1, 0.15) is 11.2 Å². The van der Waals surface area contributed by atoms with Crippen LogP contribution >= 0.6 is 0 Å². The highest BCUT2D eigenvalue weighted by Gasteiger charge is 2.49. The number of rotatable bonds is 8. The Morgan fingerprint density at radius 3 is 1.43 bits per heavy atom. The molecule has 0 amide bonds. The molecule has 6 nitrogen and oxygen atoms in total. The standard InChI is InChI=1S/C17H32O6/c1-9-11-12-17(10-2,13(18)20-22-15(3,4)5)14(19)21-23-16(6,7)8/h9-12H2,1-8H3. The number of carbonyl (C=O) groups excluding carboxylic acids is 2. The Bertz CT molecular complexity index is 359. The molecule has 0 aliphatic rings. The lowest BCUT2D eigenvalue weighted by atomic mass is 9.80. The van der Waals surface area contributed by atoms with Crippen LogP contribution in [0.5, 0.6) is 0 Å². The molecule has 136 valence electrons. The maximum atomic E-state index is 12.5. The fourth-order valence-electron chi connectivity index (χ4n) is 1.72. The van der Waals surface area contributed by atoms with E-state index >= 15 is 0 Å². The zero-order valence-electron chi connectivity index (χ0n) is 15.8. The van der Waals surface area contributed by atoms with Crippen LogP contribution in [-0.2, 0) is 29.1 Å². The lowest BCUT2D eigenvalue weighted by Gasteiger charge is -2.29. The lowest BCUT2D eigenvalue weighted by Crippen LogP contribution is -2.43. The van der Waals surface area contributed by atoms with E-state index in [0.29, 0.717) is 12.8 Å². The fourth-order valence-corrected chi connectivity index (χ4v) is 1.72. The summed E-state index contributed by atoms with van der Waals surface area (Å²) in [5.41, 5.74) is -2.75. The predicted molar refractivity (Wildman–Crippen MR) is 86.1 cm³/mol. The second-order valence-electron chi connectivity index (χ2n) is 7.67. The normalized spacial score (nSPS) is 12.9. The van der Waals surface area contributed by atoms with E-state index in [0.717, 1.165) is 6.42 Å². The average molecular weight is 332 g/mol. The van der Waals surface area contributed by atoms with Crippen molar-refractivity contribution in [1.29, 1.82) is 0 Å². The minimum Gasteiger partial charge on any atom is -0.297 e. The van der Waals surface area contributed by atoms with E-state index in [9.17, 15) is 9.59 Å². The molecular formula is C17H32O6. The van der Waals surface area contributed by atoms with Crippen LogP contribution in [0.15, 0.2) is 0 Å². The van der Waals surface area contributed by atoms with E-state index < -0.39 is 28.6 Å². The van der Waals surface area contributed by atoms with Gasteiger partial charge in [-0.2, -0.15) is 9.78 Å². The fraction of sp³-hybridized carbons (Fsp3) is 0.882. The summed E-state index contributed by atoms with van der Waals surface area (Å²) in [5.74, 6) is -1.49. The van der Waals surface area contributed by atoms with Gasteiger partial charge in [0.05, 0.1) is 0 Å². The van der Waals surface area contributed by atoms with Crippen molar-refractivity contribution in [3.8, 4) is 0 Å². The Morgan fingerprint density at radius 1 is 0.783 bits per heavy atom. The van der Waals surface area contributed by atoms with E-state index in [1.807, 2.05) is 6.92 Å². The Kier molecular flexibility index (Phi) is 8.21. The number of hydrogen-bond donors (Lipinski definition) is 0. The van der Waals surface area contributed by atoms with E-state index in [4.69, 9.17) is 19.6 Å². The van der Waals surface area contributed by atoms with Gasteiger partial charge in [-0.25, -0.2) is 9.59 Å². The van der Waals surface area contributed by atoms with Crippen LogP contribution in [0.2, 0.25) is 0 Å². The third-order valence-corrected chi connectivity index (χ3v) is 3.08. The summed E-state index contributed by atoms with van der Waals surface area (Å²) in [5, 5.41) is 0. The largest absolute Gasteiger partial charge is 0.359 e. The second-order valence-corrected chi connectivity index (χ2v) is 7.67. The number of unbranched alkanes of at least 4 members (excludes halogenated alkanes) is 1. The van der Waals surface area contributed by atoms with Crippen LogP contribution in [0.3, 0.4) is 0 Å². The van der Waals surface area contributed by atoms with Gasteiger partial charge in [0.15, 0.2) is 5.41 Å². The van der Waals surface area contributed by atoms with Gasteiger partial charge in [0.2, 0.25) is 0 Å². The van der Waals surface area contributed by atoms with Crippen LogP contribution in [0.25, 0.3) is 0 Å². The summed E-state index contributed by atoms with van der Waals surface area (Å²) in [6.45, 7) is 14.2. The molecule has 0 radical (unpaired) electrons. The highest BCUT2D eigenvalue weighted by molar-refractivity contribution is 5.99. The second kappa shape index (κ2) is 8.64. The molecule has 6 heteroatoms. The first-order chi connectivity index (χ1) is 10.4. The average Bonchev–Trinajstić information content (AvgIpc) is 2.42. The third-order valence-electron chi connectivity index (χ3n) is 3.08. The minimum absolute atomic E-state index is 0.242. The van der Waals surface area contributed by atoms with Gasteiger partial charge in [-0.05, 0) is 54.4 Å². The molecular weight excluding hydrogens is 300 g/mol. The molecule has 0 heterocycles. The molecule has 0 saturated heterocycles. The van der Waals surface area contributed by atoms with E-state index in [-0.39, 0.29) is 6.42 Å². The molecule has 0 bridgehead atoms. The highest BCUT2D eigenvalue weighted by atomic mass is 17.2. The highest BCUT2D eigenvalue weighted by Crippen LogP contribution is 2.33. The van der Waals surface area contributed by atoms with Gasteiger partial charge in [-0.3, -0.25) is 9.78 Å². The molecule has 0 saturated carbocycles. The van der Waals surface area contributed by atoms with Gasteiger partial charge in [0, 0.05) is 0 Å². The Morgan fingerprint density at radius 2 is 1.17 bits per heavy atom. The molecule has 0 rings (SSSR count). The maximum Gasteiger partial charge on any atom is 0.359 e. The zero-order chi connectivity index (χ0) is 18.3. The molecule has 0 N–H and O–H groups in total. The van der Waals surface area contributed by atoms with Gasteiger partial charge in [0.25, 0.3) is 0 Å². The summed E-state index contributed by atoms with van der Waals surface area (Å²) in [6, 6.07) is 0. The van der Waals surface area contributed by atoms with Crippen molar-refractivity contribution >= 4 is 11.9 Å². The van der Waals surface area contributed by atoms with E-state index in [1.165, 1.54) is 0 Å². The van der Waals surface area contributed by atoms with Crippen molar-refractivity contribution in [2.24, 2.45) is 5.41 Å². The predicted octanol–water partition coefficient (Wildman–Crippen LogP) is 4.12. The first-order valence-electron chi connectivity index (χ1n) is 8.18. The molecule has 0 aliphatic carbocycles. The first kappa shape index (κ1) is 21.9. The summed E-state index contributed by atoms with van der Waals surface area (Å²) in [6.07, 6.45) is 2.08.